The van der Waals surface area contributed by atoms with Gasteiger partial charge in [0.25, 0.3) is 0 Å². The number of nitrogens with two attached hydrogens (primary N) is 1. The monoisotopic (exact) mass is 256 g/mol. The molecule has 1 aliphatic heterocycles. The molecule has 0 aromatic carbocycles. The molecule has 3 N–H and O–H groups in total. The Labute approximate surface area is 108 Å². The normalized spacial score (nSPS) is 25.5. The Balaban J connectivity index is 2.81. The molecule has 1 heterocycles. The Kier molecular flexibility index (Phi) is 4.73. The van der Waals surface area contributed by atoms with Crippen molar-refractivity contribution in [1.29, 1.82) is 0 Å². The highest BCUT2D eigenvalue weighted by atomic mass is 16.4. The zero-order valence-electron chi connectivity index (χ0n) is 11.5. The van der Waals surface area contributed by atoms with Crippen LogP contribution in [-0.4, -0.2) is 40.0 Å². The first kappa shape index (κ1) is 15.0. The zero-order chi connectivity index (χ0) is 13.9. The van der Waals surface area contributed by atoms with Crippen molar-refractivity contribution >= 4 is 11.9 Å². The summed E-state index contributed by atoms with van der Waals surface area (Å²) in [6.45, 7) is 6.28. The molecule has 5 heteroatoms. The van der Waals surface area contributed by atoms with Gasteiger partial charge in [-0.15, -0.1) is 0 Å². The number of carboxylic acid groups (broad SMARTS) is 1. The van der Waals surface area contributed by atoms with Crippen LogP contribution in [0.5, 0.6) is 0 Å². The summed E-state index contributed by atoms with van der Waals surface area (Å²) < 4.78 is 0. The zero-order valence-corrected chi connectivity index (χ0v) is 11.5. The highest BCUT2D eigenvalue weighted by Crippen LogP contribution is 2.33. The quantitative estimate of drug-likeness (QED) is 0.774. The van der Waals surface area contributed by atoms with Crippen LogP contribution in [0, 0.1) is 5.92 Å². The van der Waals surface area contributed by atoms with E-state index in [1.807, 2.05) is 20.8 Å². The summed E-state index contributed by atoms with van der Waals surface area (Å²) in [6, 6.07) is -0.207. The Morgan fingerprint density at radius 3 is 2.50 bits per heavy atom. The number of amides is 1. The molecular formula is C13H24N2O3. The van der Waals surface area contributed by atoms with Crippen LogP contribution in [0.1, 0.15) is 46.5 Å². The minimum absolute atomic E-state index is 0.127. The molecule has 104 valence electrons. The third-order valence-electron chi connectivity index (χ3n) is 4.04. The van der Waals surface area contributed by atoms with E-state index >= 15 is 0 Å². The van der Waals surface area contributed by atoms with Crippen LogP contribution in [0.25, 0.3) is 0 Å². The first-order valence-electron chi connectivity index (χ1n) is 6.64. The fraction of sp³-hybridized carbons (Fsp3) is 0.846. The third-order valence-corrected chi connectivity index (χ3v) is 4.04. The number of aliphatic carboxylic acids is 1. The van der Waals surface area contributed by atoms with Gasteiger partial charge in [-0.25, -0.2) is 4.79 Å². The molecule has 0 radical (unpaired) electrons. The molecule has 0 saturated carbocycles. The summed E-state index contributed by atoms with van der Waals surface area (Å²) in [5.74, 6) is -0.802. The summed E-state index contributed by atoms with van der Waals surface area (Å²) in [5.41, 5.74) is 4.89. The second kappa shape index (κ2) is 5.69. The van der Waals surface area contributed by atoms with Crippen LogP contribution >= 0.6 is 0 Å². The Morgan fingerprint density at radius 1 is 1.44 bits per heavy atom. The number of rotatable bonds is 5. The Bertz CT molecular complexity index is 330. The summed E-state index contributed by atoms with van der Waals surface area (Å²) in [6.07, 6.45) is 1.97. The van der Waals surface area contributed by atoms with E-state index in [-0.39, 0.29) is 24.3 Å². The van der Waals surface area contributed by atoms with Gasteiger partial charge in [0.05, 0.1) is 0 Å². The van der Waals surface area contributed by atoms with Crippen molar-refractivity contribution in [2.24, 2.45) is 11.7 Å². The second-order valence-electron chi connectivity index (χ2n) is 5.45. The molecule has 0 aromatic heterocycles. The van der Waals surface area contributed by atoms with Crippen LogP contribution in [0.15, 0.2) is 0 Å². The topological polar surface area (TPSA) is 83.6 Å². The molecule has 1 aliphatic rings. The number of carbonyl (C=O) groups is 2. The standard InChI is InChI=1S/C13H24N2O3/c1-4-13(12(17)18)6-5-7-15(13)11(16)8-10(14)9(2)3/h9-10H,4-8,14H2,1-3H3,(H,17,18). The lowest BCUT2D eigenvalue weighted by Crippen LogP contribution is -2.53. The number of hydrogen-bond acceptors (Lipinski definition) is 3. The number of nitrogens with zero attached hydrogens (tertiary/aromatic N) is 1. The molecule has 5 nitrogen and oxygen atoms in total. The van der Waals surface area contributed by atoms with E-state index in [0.29, 0.717) is 19.4 Å². The van der Waals surface area contributed by atoms with Crippen molar-refractivity contribution in [3.05, 3.63) is 0 Å². The Hall–Kier alpha value is -1.10. The van der Waals surface area contributed by atoms with Gasteiger partial charge in [-0.1, -0.05) is 20.8 Å². The lowest BCUT2D eigenvalue weighted by molar-refractivity contribution is -0.157. The van der Waals surface area contributed by atoms with Gasteiger partial charge in [-0.2, -0.15) is 0 Å². The minimum atomic E-state index is -1.01. The predicted molar refractivity (Wildman–Crippen MR) is 69.0 cm³/mol. The average Bonchev–Trinajstić information content (AvgIpc) is 2.73. The van der Waals surface area contributed by atoms with Gasteiger partial charge in [0.1, 0.15) is 5.54 Å². The van der Waals surface area contributed by atoms with E-state index in [9.17, 15) is 14.7 Å². The molecule has 2 atom stereocenters. The fourth-order valence-corrected chi connectivity index (χ4v) is 2.53. The molecule has 1 rings (SSSR count). The van der Waals surface area contributed by atoms with Gasteiger partial charge in [-0.05, 0) is 25.2 Å². The van der Waals surface area contributed by atoms with Crippen molar-refractivity contribution in [3.63, 3.8) is 0 Å². The fourth-order valence-electron chi connectivity index (χ4n) is 2.53. The minimum Gasteiger partial charge on any atom is -0.479 e. The maximum Gasteiger partial charge on any atom is 0.329 e. The van der Waals surface area contributed by atoms with Crippen LogP contribution in [0.4, 0.5) is 0 Å². The van der Waals surface area contributed by atoms with Gasteiger partial charge in [0, 0.05) is 19.0 Å². The van der Waals surface area contributed by atoms with Crippen LogP contribution in [0.3, 0.4) is 0 Å². The van der Waals surface area contributed by atoms with Gasteiger partial charge >= 0.3 is 5.97 Å². The summed E-state index contributed by atoms with van der Waals surface area (Å²) in [7, 11) is 0. The lowest BCUT2D eigenvalue weighted by Gasteiger charge is -2.34. The van der Waals surface area contributed by atoms with E-state index < -0.39 is 11.5 Å². The SMILES string of the molecule is CCC1(C(=O)O)CCCN1C(=O)CC(N)C(C)C. The van der Waals surface area contributed by atoms with E-state index in [1.165, 1.54) is 4.90 Å². The largest absolute Gasteiger partial charge is 0.479 e. The third kappa shape index (κ3) is 2.66. The van der Waals surface area contributed by atoms with E-state index in [4.69, 9.17) is 5.73 Å². The molecule has 18 heavy (non-hydrogen) atoms. The number of likely N-dealkylation sites (tertiary alicyclic amines) is 1. The van der Waals surface area contributed by atoms with Gasteiger partial charge in [0.2, 0.25) is 5.91 Å². The van der Waals surface area contributed by atoms with Crippen molar-refractivity contribution in [1.82, 2.24) is 4.90 Å². The average molecular weight is 256 g/mol. The first-order valence-corrected chi connectivity index (χ1v) is 6.64. The highest BCUT2D eigenvalue weighted by molar-refractivity contribution is 5.88. The van der Waals surface area contributed by atoms with Gasteiger partial charge < -0.3 is 15.7 Å². The predicted octanol–water partition coefficient (Wildman–Crippen LogP) is 1.22. The van der Waals surface area contributed by atoms with Crippen molar-refractivity contribution in [2.45, 2.75) is 58.0 Å². The molecule has 2 unspecified atom stereocenters. The van der Waals surface area contributed by atoms with Crippen LogP contribution in [-0.2, 0) is 9.59 Å². The van der Waals surface area contributed by atoms with Crippen molar-refractivity contribution in [3.8, 4) is 0 Å². The second-order valence-corrected chi connectivity index (χ2v) is 5.45. The maximum absolute atomic E-state index is 12.2. The van der Waals surface area contributed by atoms with E-state index in [0.717, 1.165) is 6.42 Å². The Morgan fingerprint density at radius 2 is 2.06 bits per heavy atom. The number of carbonyl (C=O) groups excluding carboxylic acids is 1. The molecule has 0 spiro atoms. The summed E-state index contributed by atoms with van der Waals surface area (Å²) in [5, 5.41) is 9.40. The first-order chi connectivity index (χ1) is 8.35. The molecule has 1 fully saturated rings. The highest BCUT2D eigenvalue weighted by Gasteiger charge is 2.48. The molecular weight excluding hydrogens is 232 g/mol. The lowest BCUT2D eigenvalue weighted by atomic mass is 9.92. The molecule has 1 amide bonds. The van der Waals surface area contributed by atoms with Crippen molar-refractivity contribution in [2.75, 3.05) is 6.54 Å². The van der Waals surface area contributed by atoms with E-state index in [2.05, 4.69) is 0 Å². The van der Waals surface area contributed by atoms with Crippen LogP contribution < -0.4 is 5.73 Å². The number of hydrogen-bond donors (Lipinski definition) is 2. The smallest absolute Gasteiger partial charge is 0.329 e. The summed E-state index contributed by atoms with van der Waals surface area (Å²) in [4.78, 5) is 25.2. The van der Waals surface area contributed by atoms with Crippen LogP contribution in [0.2, 0.25) is 0 Å². The van der Waals surface area contributed by atoms with Crippen molar-refractivity contribution < 1.29 is 14.7 Å². The number of carboxylic acids is 1. The maximum atomic E-state index is 12.2. The van der Waals surface area contributed by atoms with Gasteiger partial charge in [0.15, 0.2) is 0 Å². The van der Waals surface area contributed by atoms with E-state index in [1.54, 1.807) is 0 Å². The molecule has 0 bridgehead atoms. The molecule has 0 aliphatic carbocycles. The molecule has 0 aromatic rings. The molecule has 1 saturated heterocycles. The summed E-state index contributed by atoms with van der Waals surface area (Å²) >= 11 is 0. The van der Waals surface area contributed by atoms with Gasteiger partial charge in [-0.3, -0.25) is 4.79 Å².